The second kappa shape index (κ2) is 9.77. The lowest BCUT2D eigenvalue weighted by molar-refractivity contribution is -0.127. The normalized spacial score (nSPS) is 15.7. The summed E-state index contributed by atoms with van der Waals surface area (Å²) in [7, 11) is 0. The van der Waals surface area contributed by atoms with Crippen LogP contribution in [0.2, 0.25) is 0 Å². The standard InChI is InChI=1S/C23H22N6O2S/c1-32-21-19(3-2-9-26-21)22(30)29-10-8-20(23(29)31)27-13-18-12-25-15-28(18)14-17-6-4-16(11-24)5-7-17/h2-7,9,12,15,20,27H,8,10,13-14H2,1H3/t20-/m1/s1. The van der Waals surface area contributed by atoms with E-state index in [4.69, 9.17) is 5.26 Å². The minimum Gasteiger partial charge on any atom is -0.329 e. The second-order valence-corrected chi connectivity index (χ2v) is 8.19. The van der Waals surface area contributed by atoms with Crippen LogP contribution in [0.3, 0.4) is 0 Å². The number of imide groups is 1. The molecule has 1 aromatic carbocycles. The first-order valence-corrected chi connectivity index (χ1v) is 11.4. The number of pyridine rings is 1. The number of benzene rings is 1. The summed E-state index contributed by atoms with van der Waals surface area (Å²) < 4.78 is 2.00. The van der Waals surface area contributed by atoms with Crippen molar-refractivity contribution in [3.8, 4) is 6.07 Å². The molecule has 0 unspecified atom stereocenters. The second-order valence-electron chi connectivity index (χ2n) is 7.40. The molecule has 0 spiro atoms. The third-order valence-corrected chi connectivity index (χ3v) is 6.12. The summed E-state index contributed by atoms with van der Waals surface area (Å²) in [6, 6.07) is 12.5. The fourth-order valence-electron chi connectivity index (χ4n) is 3.68. The highest BCUT2D eigenvalue weighted by Crippen LogP contribution is 2.22. The topological polar surface area (TPSA) is 104 Å². The summed E-state index contributed by atoms with van der Waals surface area (Å²) in [5.41, 5.74) is 3.06. The van der Waals surface area contributed by atoms with Crippen LogP contribution in [0.5, 0.6) is 0 Å². The Morgan fingerprint density at radius 3 is 2.88 bits per heavy atom. The number of hydrogen-bond acceptors (Lipinski definition) is 7. The van der Waals surface area contributed by atoms with Crippen molar-refractivity contribution in [2.75, 3.05) is 12.8 Å². The fraction of sp³-hybridized carbons (Fsp3) is 0.261. The number of likely N-dealkylation sites (tertiary alicyclic amines) is 1. The van der Waals surface area contributed by atoms with E-state index in [1.807, 2.05) is 23.0 Å². The molecule has 3 heterocycles. The number of aromatic nitrogens is 3. The molecule has 0 saturated carbocycles. The predicted molar refractivity (Wildman–Crippen MR) is 120 cm³/mol. The zero-order valence-corrected chi connectivity index (χ0v) is 18.4. The summed E-state index contributed by atoms with van der Waals surface area (Å²) in [6.45, 7) is 1.45. The van der Waals surface area contributed by atoms with Gasteiger partial charge in [0.15, 0.2) is 0 Å². The zero-order chi connectivity index (χ0) is 22.5. The lowest BCUT2D eigenvalue weighted by atomic mass is 10.1. The number of imidazole rings is 1. The van der Waals surface area contributed by atoms with E-state index in [1.165, 1.54) is 16.7 Å². The number of hydrogen-bond donors (Lipinski definition) is 1. The number of amides is 2. The van der Waals surface area contributed by atoms with Gasteiger partial charge in [0.1, 0.15) is 5.03 Å². The first-order valence-electron chi connectivity index (χ1n) is 10.2. The summed E-state index contributed by atoms with van der Waals surface area (Å²) in [6.07, 6.45) is 7.56. The molecule has 4 rings (SSSR count). The zero-order valence-electron chi connectivity index (χ0n) is 17.6. The van der Waals surface area contributed by atoms with Gasteiger partial charge in [-0.2, -0.15) is 5.26 Å². The number of carbonyl (C=O) groups excluding carboxylic acids is 2. The molecule has 162 valence electrons. The summed E-state index contributed by atoms with van der Waals surface area (Å²) in [5.74, 6) is -0.522. The molecule has 1 N–H and O–H groups in total. The van der Waals surface area contributed by atoms with Crippen LogP contribution in [0.15, 0.2) is 60.1 Å². The summed E-state index contributed by atoms with van der Waals surface area (Å²) in [5, 5.41) is 12.8. The first-order chi connectivity index (χ1) is 15.6. The minimum atomic E-state index is -0.424. The average molecular weight is 447 g/mol. The van der Waals surface area contributed by atoms with Crippen molar-refractivity contribution in [2.45, 2.75) is 30.6 Å². The molecule has 32 heavy (non-hydrogen) atoms. The van der Waals surface area contributed by atoms with Crippen LogP contribution < -0.4 is 5.32 Å². The molecular formula is C23H22N6O2S. The molecule has 3 aromatic rings. The number of nitriles is 1. The van der Waals surface area contributed by atoms with E-state index in [9.17, 15) is 9.59 Å². The van der Waals surface area contributed by atoms with Crippen molar-refractivity contribution < 1.29 is 9.59 Å². The maximum atomic E-state index is 12.9. The lowest BCUT2D eigenvalue weighted by Gasteiger charge is -2.17. The van der Waals surface area contributed by atoms with E-state index in [1.54, 1.807) is 43.0 Å². The van der Waals surface area contributed by atoms with Crippen molar-refractivity contribution in [3.05, 3.63) is 77.5 Å². The largest absolute Gasteiger partial charge is 0.329 e. The van der Waals surface area contributed by atoms with Crippen LogP contribution in [-0.4, -0.2) is 50.1 Å². The molecule has 1 fully saturated rings. The van der Waals surface area contributed by atoms with Gasteiger partial charge in [-0.1, -0.05) is 12.1 Å². The van der Waals surface area contributed by atoms with Crippen LogP contribution in [0.25, 0.3) is 0 Å². The van der Waals surface area contributed by atoms with Gasteiger partial charge in [0.2, 0.25) is 5.91 Å². The Morgan fingerprint density at radius 1 is 1.31 bits per heavy atom. The van der Waals surface area contributed by atoms with Crippen LogP contribution in [0.1, 0.15) is 33.6 Å². The number of nitrogens with one attached hydrogen (secondary N) is 1. The van der Waals surface area contributed by atoms with Crippen molar-refractivity contribution in [3.63, 3.8) is 0 Å². The Kier molecular flexibility index (Phi) is 6.63. The molecule has 1 atom stereocenters. The van der Waals surface area contributed by atoms with Gasteiger partial charge in [0.25, 0.3) is 5.91 Å². The Bertz CT molecular complexity index is 1170. The summed E-state index contributed by atoms with van der Waals surface area (Å²) in [4.78, 5) is 35.5. The van der Waals surface area contributed by atoms with Crippen LogP contribution in [0.4, 0.5) is 0 Å². The number of rotatable bonds is 7. The minimum absolute atomic E-state index is 0.218. The molecular weight excluding hydrogens is 424 g/mol. The van der Waals surface area contributed by atoms with Gasteiger partial charge in [0.05, 0.1) is 35.3 Å². The smallest absolute Gasteiger partial charge is 0.263 e. The molecule has 2 amide bonds. The van der Waals surface area contributed by atoms with Gasteiger partial charge in [-0.3, -0.25) is 14.5 Å². The maximum absolute atomic E-state index is 12.9. The van der Waals surface area contributed by atoms with Crippen LogP contribution in [0, 0.1) is 11.3 Å². The molecule has 0 bridgehead atoms. The molecule has 2 aromatic heterocycles. The van der Waals surface area contributed by atoms with E-state index >= 15 is 0 Å². The van der Waals surface area contributed by atoms with Gasteiger partial charge in [-0.15, -0.1) is 11.8 Å². The molecule has 1 saturated heterocycles. The van der Waals surface area contributed by atoms with Crippen molar-refractivity contribution in [2.24, 2.45) is 0 Å². The van der Waals surface area contributed by atoms with Gasteiger partial charge in [-0.05, 0) is 42.5 Å². The van der Waals surface area contributed by atoms with Crippen LogP contribution >= 0.6 is 11.8 Å². The highest BCUT2D eigenvalue weighted by atomic mass is 32.2. The number of nitrogens with zero attached hydrogens (tertiary/aromatic N) is 5. The van der Waals surface area contributed by atoms with Gasteiger partial charge >= 0.3 is 0 Å². The lowest BCUT2D eigenvalue weighted by Crippen LogP contribution is -2.41. The fourth-order valence-corrected chi connectivity index (χ4v) is 4.22. The van der Waals surface area contributed by atoms with Gasteiger partial charge in [-0.25, -0.2) is 9.97 Å². The van der Waals surface area contributed by atoms with Crippen LogP contribution in [-0.2, 0) is 17.9 Å². The highest BCUT2D eigenvalue weighted by Gasteiger charge is 2.36. The Hall–Kier alpha value is -3.48. The van der Waals surface area contributed by atoms with Gasteiger partial charge in [0, 0.05) is 32.0 Å². The van der Waals surface area contributed by atoms with Crippen molar-refractivity contribution in [1.29, 1.82) is 5.26 Å². The highest BCUT2D eigenvalue weighted by molar-refractivity contribution is 7.98. The van der Waals surface area contributed by atoms with E-state index in [0.29, 0.717) is 42.2 Å². The van der Waals surface area contributed by atoms with E-state index < -0.39 is 6.04 Å². The predicted octanol–water partition coefficient (Wildman–Crippen LogP) is 2.45. The molecule has 1 aliphatic rings. The number of carbonyl (C=O) groups is 2. The maximum Gasteiger partial charge on any atom is 0.263 e. The summed E-state index contributed by atoms with van der Waals surface area (Å²) >= 11 is 1.39. The van der Waals surface area contributed by atoms with Gasteiger partial charge < -0.3 is 9.88 Å². The molecule has 8 nitrogen and oxygen atoms in total. The van der Waals surface area contributed by atoms with E-state index in [2.05, 4.69) is 21.4 Å². The average Bonchev–Trinajstić information content (AvgIpc) is 3.43. The molecule has 0 aliphatic carbocycles. The first kappa shape index (κ1) is 21.7. The molecule has 1 aliphatic heterocycles. The third-order valence-electron chi connectivity index (χ3n) is 5.41. The van der Waals surface area contributed by atoms with E-state index in [0.717, 1.165) is 11.3 Å². The third kappa shape index (κ3) is 4.56. The molecule has 9 heteroatoms. The molecule has 0 radical (unpaired) electrons. The Balaban J connectivity index is 1.38. The number of thioether (sulfide) groups is 1. The van der Waals surface area contributed by atoms with Crippen molar-refractivity contribution >= 4 is 23.6 Å². The monoisotopic (exact) mass is 446 g/mol. The van der Waals surface area contributed by atoms with Crippen molar-refractivity contribution in [1.82, 2.24) is 24.8 Å². The Labute approximate surface area is 190 Å². The van der Waals surface area contributed by atoms with E-state index in [-0.39, 0.29) is 11.8 Å². The quantitative estimate of drug-likeness (QED) is 0.439. The SMILES string of the molecule is CSc1ncccc1C(=O)N1CC[C@@H](NCc2cncn2Cc2ccc(C#N)cc2)C1=O. The Morgan fingerprint density at radius 2 is 2.12 bits per heavy atom.